The van der Waals surface area contributed by atoms with Crippen LogP contribution >= 0.6 is 11.3 Å². The van der Waals surface area contributed by atoms with Crippen molar-refractivity contribution in [2.75, 3.05) is 7.05 Å². The van der Waals surface area contributed by atoms with Gasteiger partial charge in [0.2, 0.25) is 0 Å². The van der Waals surface area contributed by atoms with Crippen molar-refractivity contribution in [3.8, 4) is 0 Å². The number of hydrogen-bond donors (Lipinski definition) is 0. The zero-order valence-electron chi connectivity index (χ0n) is 11.4. The Bertz CT molecular complexity index is 744. The van der Waals surface area contributed by atoms with Gasteiger partial charge in [0.25, 0.3) is 5.91 Å². The molecule has 1 amide bonds. The van der Waals surface area contributed by atoms with Crippen LogP contribution in [0.25, 0.3) is 4.96 Å². The van der Waals surface area contributed by atoms with Gasteiger partial charge in [0.15, 0.2) is 4.96 Å². The number of nitrogens with zero attached hydrogens (tertiary/aromatic N) is 4. The molecule has 0 radical (unpaired) electrons. The fourth-order valence-electron chi connectivity index (χ4n) is 2.13. The first kappa shape index (κ1) is 12.9. The van der Waals surface area contributed by atoms with Gasteiger partial charge in [0.05, 0.1) is 11.7 Å². The molecule has 0 N–H and O–H groups in total. The van der Waals surface area contributed by atoms with E-state index in [-0.39, 0.29) is 11.9 Å². The van der Waals surface area contributed by atoms with Crippen LogP contribution in [0.3, 0.4) is 0 Å². The number of aryl methyl sites for hydroxylation is 1. The Balaban J connectivity index is 1.96. The van der Waals surface area contributed by atoms with Crippen LogP contribution in [0.4, 0.5) is 0 Å². The fourth-order valence-corrected chi connectivity index (χ4v) is 2.89. The van der Waals surface area contributed by atoms with Gasteiger partial charge < -0.3 is 9.42 Å². The molecule has 3 rings (SSSR count). The SMILES string of the molecule is Cc1nc2sccn2c1C(=O)N(C)[C@H](C)c1ccon1. The molecular weight excluding hydrogens is 276 g/mol. The van der Waals surface area contributed by atoms with Gasteiger partial charge in [-0.15, -0.1) is 11.3 Å². The van der Waals surface area contributed by atoms with Crippen molar-refractivity contribution in [3.63, 3.8) is 0 Å². The van der Waals surface area contributed by atoms with E-state index in [4.69, 9.17) is 4.52 Å². The number of carbonyl (C=O) groups excluding carboxylic acids is 1. The molecule has 1 atom stereocenters. The molecule has 0 aliphatic heterocycles. The molecule has 0 bridgehead atoms. The second-order valence-corrected chi connectivity index (χ2v) is 5.49. The number of rotatable bonds is 3. The molecule has 3 aromatic rings. The molecule has 0 unspecified atom stereocenters. The lowest BCUT2D eigenvalue weighted by Gasteiger charge is -2.23. The van der Waals surface area contributed by atoms with Crippen LogP contribution in [-0.2, 0) is 0 Å². The van der Waals surface area contributed by atoms with Crippen molar-refractivity contribution in [3.05, 3.63) is 41.0 Å². The lowest BCUT2D eigenvalue weighted by Crippen LogP contribution is -2.31. The predicted octanol–water partition coefficient (Wildman–Crippen LogP) is 2.53. The number of aromatic nitrogens is 3. The number of carbonyl (C=O) groups is 1. The van der Waals surface area contributed by atoms with Gasteiger partial charge in [0.1, 0.15) is 17.7 Å². The monoisotopic (exact) mass is 290 g/mol. The number of thiazole rings is 1. The highest BCUT2D eigenvalue weighted by atomic mass is 32.1. The fraction of sp³-hybridized carbons (Fsp3) is 0.308. The van der Waals surface area contributed by atoms with Gasteiger partial charge in [-0.25, -0.2) is 4.98 Å². The number of fused-ring (bicyclic) bond motifs is 1. The first-order valence-corrected chi connectivity index (χ1v) is 7.07. The van der Waals surface area contributed by atoms with Gasteiger partial charge in [0, 0.05) is 24.7 Å². The molecule has 0 fully saturated rings. The Hall–Kier alpha value is -2.15. The smallest absolute Gasteiger partial charge is 0.273 e. The van der Waals surface area contributed by atoms with E-state index in [1.807, 2.05) is 29.8 Å². The molecule has 0 spiro atoms. The summed E-state index contributed by atoms with van der Waals surface area (Å²) in [6, 6.07) is 1.60. The van der Waals surface area contributed by atoms with Crippen LogP contribution in [-0.4, -0.2) is 32.4 Å². The third-order valence-corrected chi connectivity index (χ3v) is 4.18. The van der Waals surface area contributed by atoms with Gasteiger partial charge in [-0.1, -0.05) is 5.16 Å². The summed E-state index contributed by atoms with van der Waals surface area (Å²) < 4.78 is 6.66. The Kier molecular flexibility index (Phi) is 3.06. The lowest BCUT2D eigenvalue weighted by molar-refractivity contribution is 0.0730. The molecular formula is C13H14N4O2S. The molecule has 104 valence electrons. The number of amides is 1. The van der Waals surface area contributed by atoms with Gasteiger partial charge in [-0.2, -0.15) is 0 Å². The largest absolute Gasteiger partial charge is 0.364 e. The molecule has 3 heterocycles. The Morgan fingerprint density at radius 3 is 3.05 bits per heavy atom. The van der Waals surface area contributed by atoms with E-state index in [0.29, 0.717) is 5.69 Å². The molecule has 0 aliphatic carbocycles. The summed E-state index contributed by atoms with van der Waals surface area (Å²) in [5.74, 6) is -0.0797. The summed E-state index contributed by atoms with van der Waals surface area (Å²) in [6.07, 6.45) is 3.37. The minimum absolute atomic E-state index is 0.0797. The average molecular weight is 290 g/mol. The van der Waals surface area contributed by atoms with Crippen LogP contribution in [0.5, 0.6) is 0 Å². The third kappa shape index (κ3) is 1.90. The van der Waals surface area contributed by atoms with E-state index < -0.39 is 0 Å². The van der Waals surface area contributed by atoms with E-state index >= 15 is 0 Å². The first-order valence-electron chi connectivity index (χ1n) is 6.19. The van der Waals surface area contributed by atoms with Crippen LogP contribution in [0.2, 0.25) is 0 Å². The standard InChI is InChI=1S/C13H14N4O2S/c1-8-11(17-5-7-20-13(17)14-8)12(18)16(3)9(2)10-4-6-19-15-10/h4-7,9H,1-3H3/t9-/m1/s1. The number of imidazole rings is 1. The van der Waals surface area contributed by atoms with Gasteiger partial charge in [-0.05, 0) is 13.8 Å². The first-order chi connectivity index (χ1) is 9.59. The molecule has 6 nitrogen and oxygen atoms in total. The maximum absolute atomic E-state index is 12.7. The highest BCUT2D eigenvalue weighted by molar-refractivity contribution is 7.15. The minimum Gasteiger partial charge on any atom is -0.364 e. The third-order valence-electron chi connectivity index (χ3n) is 3.43. The van der Waals surface area contributed by atoms with Gasteiger partial charge >= 0.3 is 0 Å². The molecule has 7 heteroatoms. The highest BCUT2D eigenvalue weighted by Gasteiger charge is 2.25. The molecule has 20 heavy (non-hydrogen) atoms. The second kappa shape index (κ2) is 4.75. The van der Waals surface area contributed by atoms with Crippen molar-refractivity contribution >= 4 is 22.2 Å². The minimum atomic E-state index is -0.162. The van der Waals surface area contributed by atoms with Crippen LogP contribution < -0.4 is 0 Å². The zero-order chi connectivity index (χ0) is 14.3. The van der Waals surface area contributed by atoms with Crippen molar-refractivity contribution in [1.82, 2.24) is 19.4 Å². The van der Waals surface area contributed by atoms with Gasteiger partial charge in [-0.3, -0.25) is 9.20 Å². The van der Waals surface area contributed by atoms with E-state index in [9.17, 15) is 4.79 Å². The normalized spacial score (nSPS) is 12.8. The maximum Gasteiger partial charge on any atom is 0.273 e. The summed E-state index contributed by atoms with van der Waals surface area (Å²) in [5.41, 5.74) is 2.06. The summed E-state index contributed by atoms with van der Waals surface area (Å²) in [7, 11) is 1.76. The Morgan fingerprint density at radius 2 is 2.35 bits per heavy atom. The van der Waals surface area contributed by atoms with E-state index in [1.165, 1.54) is 17.6 Å². The van der Waals surface area contributed by atoms with Crippen LogP contribution in [0.1, 0.15) is 34.8 Å². The quantitative estimate of drug-likeness (QED) is 0.743. The van der Waals surface area contributed by atoms with Crippen molar-refractivity contribution in [2.45, 2.75) is 19.9 Å². The topological polar surface area (TPSA) is 63.6 Å². The molecule has 3 aromatic heterocycles. The van der Waals surface area contributed by atoms with Crippen molar-refractivity contribution < 1.29 is 9.32 Å². The van der Waals surface area contributed by atoms with Crippen molar-refractivity contribution in [2.24, 2.45) is 0 Å². The lowest BCUT2D eigenvalue weighted by atomic mass is 10.2. The summed E-state index contributed by atoms with van der Waals surface area (Å²) in [6.45, 7) is 3.76. The Morgan fingerprint density at radius 1 is 1.55 bits per heavy atom. The molecule has 0 saturated heterocycles. The summed E-state index contributed by atoms with van der Waals surface area (Å²) >= 11 is 1.51. The average Bonchev–Trinajstić information content (AvgIpc) is 3.12. The zero-order valence-corrected chi connectivity index (χ0v) is 12.2. The predicted molar refractivity (Wildman–Crippen MR) is 74.8 cm³/mol. The molecule has 0 saturated carbocycles. The van der Waals surface area contributed by atoms with Crippen molar-refractivity contribution in [1.29, 1.82) is 0 Å². The second-order valence-electron chi connectivity index (χ2n) is 4.62. The highest BCUT2D eigenvalue weighted by Crippen LogP contribution is 2.22. The van der Waals surface area contributed by atoms with Crippen LogP contribution in [0.15, 0.2) is 28.4 Å². The van der Waals surface area contributed by atoms with E-state index in [1.54, 1.807) is 18.0 Å². The molecule has 0 aliphatic rings. The van der Waals surface area contributed by atoms with Crippen LogP contribution in [0, 0.1) is 6.92 Å². The summed E-state index contributed by atoms with van der Waals surface area (Å²) in [5, 5.41) is 5.80. The summed E-state index contributed by atoms with van der Waals surface area (Å²) in [4.78, 5) is 19.6. The molecule has 0 aromatic carbocycles. The van der Waals surface area contributed by atoms with E-state index in [0.717, 1.165) is 16.3 Å². The Labute approximate surface area is 119 Å². The van der Waals surface area contributed by atoms with E-state index in [2.05, 4.69) is 10.1 Å². The maximum atomic E-state index is 12.7. The number of hydrogen-bond acceptors (Lipinski definition) is 5.